The molecule has 0 saturated carbocycles. The van der Waals surface area contributed by atoms with Crippen LogP contribution in [0.4, 0.5) is 0 Å². The summed E-state index contributed by atoms with van der Waals surface area (Å²) in [7, 11) is 0. The summed E-state index contributed by atoms with van der Waals surface area (Å²) in [6, 6.07) is -0.627. The van der Waals surface area contributed by atoms with Crippen molar-refractivity contribution in [2.75, 3.05) is 13.2 Å². The van der Waals surface area contributed by atoms with Gasteiger partial charge in [-0.3, -0.25) is 9.59 Å². The molecule has 2 atom stereocenters. The summed E-state index contributed by atoms with van der Waals surface area (Å²) >= 11 is 0. The van der Waals surface area contributed by atoms with Gasteiger partial charge in [0, 0.05) is 12.8 Å². The molecule has 0 spiro atoms. The second-order valence-corrected chi connectivity index (χ2v) is 26.3. The third-order valence-electron chi connectivity index (χ3n) is 17.8. The van der Waals surface area contributed by atoms with Crippen LogP contribution in [0.2, 0.25) is 0 Å². The maximum absolute atomic E-state index is 12.5. The number of hydrogen-bond donors (Lipinski definition) is 3. The monoisotopic (exact) mass is 1200 g/mol. The van der Waals surface area contributed by atoms with Crippen LogP contribution < -0.4 is 5.32 Å². The zero-order valence-corrected chi connectivity index (χ0v) is 57.8. The zero-order chi connectivity index (χ0) is 62.0. The average Bonchev–Trinajstić information content (AvgIpc) is 3.60. The first-order valence-electron chi connectivity index (χ1n) is 38.6. The second-order valence-electron chi connectivity index (χ2n) is 26.3. The van der Waals surface area contributed by atoms with Gasteiger partial charge in [-0.1, -0.05) is 364 Å². The van der Waals surface area contributed by atoms with Gasteiger partial charge in [0.25, 0.3) is 0 Å². The Morgan fingerprint density at radius 1 is 0.326 bits per heavy atom. The molecule has 0 aromatic rings. The summed E-state index contributed by atoms with van der Waals surface area (Å²) in [5.41, 5.74) is 0. The van der Waals surface area contributed by atoms with Crippen molar-refractivity contribution in [3.63, 3.8) is 0 Å². The molecule has 0 saturated heterocycles. The zero-order valence-electron chi connectivity index (χ0n) is 57.8. The van der Waals surface area contributed by atoms with Crippen LogP contribution in [0, 0.1) is 0 Å². The van der Waals surface area contributed by atoms with Crippen molar-refractivity contribution in [2.45, 2.75) is 424 Å². The van der Waals surface area contributed by atoms with Crippen LogP contribution in [0.3, 0.4) is 0 Å². The molecule has 0 rings (SSSR count). The molecule has 0 aliphatic rings. The highest BCUT2D eigenvalue weighted by molar-refractivity contribution is 5.76. The quantitative estimate of drug-likeness (QED) is 0.0320. The molecule has 0 radical (unpaired) electrons. The first-order chi connectivity index (χ1) is 42.5. The molecule has 86 heavy (non-hydrogen) atoms. The summed E-state index contributed by atoms with van der Waals surface area (Å²) in [6.45, 7) is 4.91. The molecule has 6 nitrogen and oxygen atoms in total. The van der Waals surface area contributed by atoms with Gasteiger partial charge in [0.2, 0.25) is 5.91 Å². The molecule has 6 heteroatoms. The number of unbranched alkanes of at least 4 members (excludes halogenated alkanes) is 53. The Balaban J connectivity index is 3.38. The molecule has 0 bridgehead atoms. The Hall–Kier alpha value is -2.44. The van der Waals surface area contributed by atoms with Crippen LogP contribution >= 0.6 is 0 Å². The number of esters is 1. The molecule has 504 valence electrons. The van der Waals surface area contributed by atoms with Crippen LogP contribution in [-0.4, -0.2) is 47.4 Å². The highest BCUT2D eigenvalue weighted by Crippen LogP contribution is 2.19. The number of carbonyl (C=O) groups excluding carboxylic acids is 2. The van der Waals surface area contributed by atoms with E-state index >= 15 is 0 Å². The second kappa shape index (κ2) is 75.0. The van der Waals surface area contributed by atoms with Crippen LogP contribution in [0.15, 0.2) is 60.8 Å². The van der Waals surface area contributed by atoms with E-state index in [1.807, 2.05) is 6.08 Å². The number of ether oxygens (including phenoxy) is 1. The van der Waals surface area contributed by atoms with Crippen LogP contribution in [0.1, 0.15) is 412 Å². The lowest BCUT2D eigenvalue weighted by atomic mass is 10.0. The minimum absolute atomic E-state index is 0.00510. The number of aliphatic hydroxyl groups is 2. The molecule has 0 fully saturated rings. The molecular formula is C80H149NO5. The van der Waals surface area contributed by atoms with E-state index in [1.54, 1.807) is 6.08 Å². The Kier molecular flexibility index (Phi) is 72.9. The number of rotatable bonds is 72. The molecule has 0 aromatic carbocycles. The van der Waals surface area contributed by atoms with E-state index in [0.29, 0.717) is 19.4 Å². The normalized spacial score (nSPS) is 12.8. The van der Waals surface area contributed by atoms with Gasteiger partial charge in [-0.25, -0.2) is 0 Å². The van der Waals surface area contributed by atoms with Crippen molar-refractivity contribution in [1.82, 2.24) is 5.32 Å². The SMILES string of the molecule is CCCCCC/C=C\C/C=C\CCCCCCCC(=O)OCCCCCCCCCCCCCCC/C=C\C/C=C\CCCCCCCCCCCCCCCCCCCC(=O)NC(CO)C(O)/C=C/CCCCCCCCCCCCCCCC. The minimum Gasteiger partial charge on any atom is -0.466 e. The van der Waals surface area contributed by atoms with E-state index in [2.05, 4.69) is 67.8 Å². The third kappa shape index (κ3) is 70.6. The van der Waals surface area contributed by atoms with Gasteiger partial charge in [-0.05, 0) is 96.3 Å². The number of hydrogen-bond acceptors (Lipinski definition) is 5. The molecule has 1 amide bonds. The molecule has 0 aliphatic carbocycles. The van der Waals surface area contributed by atoms with Crippen molar-refractivity contribution in [1.29, 1.82) is 0 Å². The van der Waals surface area contributed by atoms with Crippen LogP contribution in [0.25, 0.3) is 0 Å². The first kappa shape index (κ1) is 83.6. The smallest absolute Gasteiger partial charge is 0.305 e. The largest absolute Gasteiger partial charge is 0.466 e. The minimum atomic E-state index is -0.843. The Morgan fingerprint density at radius 3 is 0.895 bits per heavy atom. The number of allylic oxidation sites excluding steroid dienone is 9. The van der Waals surface area contributed by atoms with Gasteiger partial charge < -0.3 is 20.3 Å². The molecule has 3 N–H and O–H groups in total. The Labute approximate surface area is 537 Å². The van der Waals surface area contributed by atoms with E-state index in [4.69, 9.17) is 4.74 Å². The van der Waals surface area contributed by atoms with Crippen LogP contribution in [0.5, 0.6) is 0 Å². The fourth-order valence-corrected chi connectivity index (χ4v) is 11.9. The topological polar surface area (TPSA) is 95.9 Å². The highest BCUT2D eigenvalue weighted by atomic mass is 16.5. The van der Waals surface area contributed by atoms with Crippen molar-refractivity contribution >= 4 is 11.9 Å². The van der Waals surface area contributed by atoms with Gasteiger partial charge in [0.1, 0.15) is 0 Å². The number of aliphatic hydroxyl groups excluding tert-OH is 2. The van der Waals surface area contributed by atoms with Gasteiger partial charge in [0.15, 0.2) is 0 Å². The predicted octanol–water partition coefficient (Wildman–Crippen LogP) is 25.4. The average molecular weight is 1210 g/mol. The fourth-order valence-electron chi connectivity index (χ4n) is 11.9. The van der Waals surface area contributed by atoms with Gasteiger partial charge in [0.05, 0.1) is 25.4 Å². The highest BCUT2D eigenvalue weighted by Gasteiger charge is 2.18. The molecule has 2 unspecified atom stereocenters. The summed E-state index contributed by atoms with van der Waals surface area (Å²) < 4.78 is 5.49. The Morgan fingerprint density at radius 2 is 0.581 bits per heavy atom. The Bertz CT molecular complexity index is 1480. The lowest BCUT2D eigenvalue weighted by Crippen LogP contribution is -2.45. The van der Waals surface area contributed by atoms with Crippen molar-refractivity contribution in [3.8, 4) is 0 Å². The maximum Gasteiger partial charge on any atom is 0.305 e. The number of amides is 1. The molecular weight excluding hydrogens is 1050 g/mol. The summed E-state index contributed by atoms with van der Waals surface area (Å²) in [5, 5.41) is 23.2. The van der Waals surface area contributed by atoms with E-state index in [0.717, 1.165) is 57.8 Å². The van der Waals surface area contributed by atoms with Crippen molar-refractivity contribution in [3.05, 3.63) is 60.8 Å². The number of carbonyl (C=O) groups is 2. The summed E-state index contributed by atoms with van der Waals surface area (Å²) in [6.07, 6.45) is 100. The number of nitrogens with one attached hydrogen (secondary N) is 1. The van der Waals surface area contributed by atoms with E-state index in [-0.39, 0.29) is 18.5 Å². The third-order valence-corrected chi connectivity index (χ3v) is 17.8. The van der Waals surface area contributed by atoms with E-state index < -0.39 is 12.1 Å². The lowest BCUT2D eigenvalue weighted by molar-refractivity contribution is -0.143. The van der Waals surface area contributed by atoms with Gasteiger partial charge in [-0.2, -0.15) is 0 Å². The van der Waals surface area contributed by atoms with Gasteiger partial charge >= 0.3 is 5.97 Å². The predicted molar refractivity (Wildman–Crippen MR) is 379 cm³/mol. The summed E-state index contributed by atoms with van der Waals surface area (Å²) in [5.74, 6) is -0.0579. The van der Waals surface area contributed by atoms with Crippen molar-refractivity contribution in [2.24, 2.45) is 0 Å². The van der Waals surface area contributed by atoms with E-state index in [9.17, 15) is 19.8 Å². The van der Waals surface area contributed by atoms with Gasteiger partial charge in [-0.15, -0.1) is 0 Å². The lowest BCUT2D eigenvalue weighted by Gasteiger charge is -2.20. The molecule has 0 aromatic heterocycles. The van der Waals surface area contributed by atoms with Crippen molar-refractivity contribution < 1.29 is 24.5 Å². The molecule has 0 aliphatic heterocycles. The molecule has 0 heterocycles. The summed E-state index contributed by atoms with van der Waals surface area (Å²) in [4.78, 5) is 24.6. The van der Waals surface area contributed by atoms with E-state index in [1.165, 1.54) is 327 Å². The standard InChI is InChI=1S/C80H149NO5/c1-3-5-7-9-11-13-15-17-19-44-48-52-56-60-64-68-72-78(83)77(76-82)81-79(84)73-69-65-61-57-53-49-45-42-40-38-36-34-32-30-28-26-24-22-21-23-25-27-29-31-33-35-37-39-41-43-47-51-55-59-63-67-71-75-86-80(85)74-70-66-62-58-54-50-46-20-18-16-14-12-10-8-6-4-2/h14,16,20-21,23,27,29,46,68,72,77-78,82-83H,3-13,15,17-19,22,24-26,28,30-45,47-67,69-71,73-76H2,1-2H3,(H,81,84)/b16-14-,23-21-,29-27-,46-20-,72-68+. The maximum atomic E-state index is 12.5. The fraction of sp³-hybridized carbons (Fsp3) is 0.850. The first-order valence-corrected chi connectivity index (χ1v) is 38.6. The van der Waals surface area contributed by atoms with Crippen LogP contribution in [-0.2, 0) is 14.3 Å².